The number of aromatic nitrogens is 3. The van der Waals surface area contributed by atoms with E-state index in [9.17, 15) is 4.79 Å². The van der Waals surface area contributed by atoms with Gasteiger partial charge in [-0.1, -0.05) is 0 Å². The van der Waals surface area contributed by atoms with Crippen LogP contribution in [-0.4, -0.2) is 26.5 Å². The number of carbonyl (C=O) groups excluding carboxylic acids is 1. The van der Waals surface area contributed by atoms with Crippen molar-refractivity contribution in [2.45, 2.75) is 18.9 Å². The summed E-state index contributed by atoms with van der Waals surface area (Å²) in [5.41, 5.74) is 1.05. The maximum Gasteiger partial charge on any atom is 0.273 e. The average molecular weight is 281 g/mol. The van der Waals surface area contributed by atoms with Crippen LogP contribution in [0, 0.1) is 0 Å². The van der Waals surface area contributed by atoms with Gasteiger partial charge in [0.2, 0.25) is 0 Å². The van der Waals surface area contributed by atoms with Crippen LogP contribution >= 0.6 is 15.9 Å². The van der Waals surface area contributed by atoms with Gasteiger partial charge < -0.3 is 5.32 Å². The van der Waals surface area contributed by atoms with Crippen LogP contribution in [-0.2, 0) is 0 Å². The molecule has 2 aromatic heterocycles. The summed E-state index contributed by atoms with van der Waals surface area (Å²) >= 11 is 3.36. The first-order chi connectivity index (χ1) is 7.75. The molecule has 1 amide bonds. The molecule has 2 heterocycles. The Balaban J connectivity index is 2.02. The Labute approximate surface area is 100.0 Å². The highest BCUT2D eigenvalue weighted by molar-refractivity contribution is 9.10. The highest BCUT2D eigenvalue weighted by Crippen LogP contribution is 2.23. The zero-order chi connectivity index (χ0) is 11.1. The molecule has 0 radical (unpaired) electrons. The van der Waals surface area contributed by atoms with E-state index in [4.69, 9.17) is 0 Å². The van der Waals surface area contributed by atoms with Crippen molar-refractivity contribution in [2.75, 3.05) is 0 Å². The van der Waals surface area contributed by atoms with Crippen LogP contribution < -0.4 is 5.32 Å². The van der Waals surface area contributed by atoms with Crippen LogP contribution in [0.15, 0.2) is 22.9 Å². The fourth-order valence-corrected chi connectivity index (χ4v) is 2.03. The lowest BCUT2D eigenvalue weighted by atomic mass is 10.4. The Morgan fingerprint density at radius 2 is 2.38 bits per heavy atom. The monoisotopic (exact) mass is 280 g/mol. The summed E-state index contributed by atoms with van der Waals surface area (Å²) in [5.74, 6) is -0.139. The third kappa shape index (κ3) is 1.59. The molecule has 0 aliphatic heterocycles. The van der Waals surface area contributed by atoms with E-state index >= 15 is 0 Å². The van der Waals surface area contributed by atoms with Crippen molar-refractivity contribution in [1.82, 2.24) is 19.9 Å². The first-order valence-electron chi connectivity index (χ1n) is 5.05. The zero-order valence-corrected chi connectivity index (χ0v) is 9.94. The summed E-state index contributed by atoms with van der Waals surface area (Å²) in [4.78, 5) is 16.0. The lowest BCUT2D eigenvalue weighted by Gasteiger charge is -1.98. The molecule has 0 atom stereocenters. The number of hydrogen-bond acceptors (Lipinski definition) is 3. The smallest absolute Gasteiger partial charge is 0.273 e. The topological polar surface area (TPSA) is 59.3 Å². The van der Waals surface area contributed by atoms with Gasteiger partial charge in [0.05, 0.1) is 4.47 Å². The molecule has 5 nitrogen and oxygen atoms in total. The summed E-state index contributed by atoms with van der Waals surface area (Å²) < 4.78 is 2.23. The highest BCUT2D eigenvalue weighted by Gasteiger charge is 2.26. The fraction of sp³-hybridized carbons (Fsp3) is 0.300. The Morgan fingerprint density at radius 3 is 3.06 bits per heavy atom. The normalized spacial score (nSPS) is 15.3. The SMILES string of the molecule is O=C(NC1CC1)c1nn2cccnc2c1Br. The van der Waals surface area contributed by atoms with Crippen LogP contribution in [0.1, 0.15) is 23.3 Å². The Bertz CT molecular complexity index is 561. The van der Waals surface area contributed by atoms with Gasteiger partial charge in [0.15, 0.2) is 11.3 Å². The minimum absolute atomic E-state index is 0.139. The highest BCUT2D eigenvalue weighted by atomic mass is 79.9. The van der Waals surface area contributed by atoms with Crippen LogP contribution in [0.25, 0.3) is 5.65 Å². The maximum atomic E-state index is 11.8. The van der Waals surface area contributed by atoms with Crippen molar-refractivity contribution in [3.63, 3.8) is 0 Å². The van der Waals surface area contributed by atoms with Gasteiger partial charge in [-0.3, -0.25) is 4.79 Å². The van der Waals surface area contributed by atoms with Gasteiger partial charge in [0.1, 0.15) is 0 Å². The molecule has 0 aromatic carbocycles. The molecule has 0 saturated heterocycles. The molecule has 82 valence electrons. The summed E-state index contributed by atoms with van der Waals surface area (Å²) in [6.45, 7) is 0. The van der Waals surface area contributed by atoms with Crippen molar-refractivity contribution < 1.29 is 4.79 Å². The number of nitrogens with zero attached hydrogens (tertiary/aromatic N) is 3. The van der Waals surface area contributed by atoms with E-state index in [0.29, 0.717) is 21.9 Å². The van der Waals surface area contributed by atoms with E-state index in [-0.39, 0.29) is 5.91 Å². The molecular formula is C10H9BrN4O. The molecule has 1 aliphatic rings. The van der Waals surface area contributed by atoms with E-state index in [1.54, 1.807) is 23.0 Å². The molecule has 1 N–H and O–H groups in total. The largest absolute Gasteiger partial charge is 0.348 e. The predicted molar refractivity (Wildman–Crippen MR) is 61.2 cm³/mol. The number of carbonyl (C=O) groups is 1. The average Bonchev–Trinajstić information content (AvgIpc) is 3.03. The molecule has 0 unspecified atom stereocenters. The molecule has 2 aromatic rings. The van der Waals surface area contributed by atoms with Gasteiger partial charge >= 0.3 is 0 Å². The summed E-state index contributed by atoms with van der Waals surface area (Å²) in [5, 5.41) is 7.09. The molecule has 0 bridgehead atoms. The second kappa shape index (κ2) is 3.55. The van der Waals surface area contributed by atoms with E-state index in [0.717, 1.165) is 12.8 Å². The summed E-state index contributed by atoms with van der Waals surface area (Å²) in [7, 11) is 0. The van der Waals surface area contributed by atoms with Crippen molar-refractivity contribution in [1.29, 1.82) is 0 Å². The van der Waals surface area contributed by atoms with Crippen molar-refractivity contribution in [3.8, 4) is 0 Å². The van der Waals surface area contributed by atoms with Gasteiger partial charge in [-0.2, -0.15) is 5.10 Å². The lowest BCUT2D eigenvalue weighted by molar-refractivity contribution is 0.0945. The zero-order valence-electron chi connectivity index (χ0n) is 8.35. The van der Waals surface area contributed by atoms with Crippen LogP contribution in [0.3, 0.4) is 0 Å². The van der Waals surface area contributed by atoms with Gasteiger partial charge in [-0.25, -0.2) is 9.50 Å². The molecule has 1 fully saturated rings. The molecule has 1 aliphatic carbocycles. The standard InChI is InChI=1S/C10H9BrN4O/c11-7-8(10(16)13-6-2-3-6)14-15-5-1-4-12-9(7)15/h1,4-6H,2-3H2,(H,13,16). The number of nitrogens with one attached hydrogen (secondary N) is 1. The second-order valence-corrected chi connectivity index (χ2v) is 4.59. The number of halogens is 1. The molecule has 16 heavy (non-hydrogen) atoms. The maximum absolute atomic E-state index is 11.8. The van der Waals surface area contributed by atoms with Gasteiger partial charge in [0.25, 0.3) is 5.91 Å². The first kappa shape index (κ1) is 9.77. The number of hydrogen-bond donors (Lipinski definition) is 1. The van der Waals surface area contributed by atoms with E-state index in [1.165, 1.54) is 0 Å². The molecular weight excluding hydrogens is 272 g/mol. The number of amides is 1. The van der Waals surface area contributed by atoms with Gasteiger partial charge in [0, 0.05) is 18.4 Å². The number of rotatable bonds is 2. The van der Waals surface area contributed by atoms with E-state index < -0.39 is 0 Å². The first-order valence-corrected chi connectivity index (χ1v) is 5.85. The Hall–Kier alpha value is -1.43. The van der Waals surface area contributed by atoms with Crippen LogP contribution in [0.5, 0.6) is 0 Å². The van der Waals surface area contributed by atoms with Crippen LogP contribution in [0.4, 0.5) is 0 Å². The second-order valence-electron chi connectivity index (χ2n) is 3.80. The summed E-state index contributed by atoms with van der Waals surface area (Å²) in [6, 6.07) is 2.10. The molecule has 6 heteroatoms. The molecule has 1 saturated carbocycles. The lowest BCUT2D eigenvalue weighted by Crippen LogP contribution is -2.26. The van der Waals surface area contributed by atoms with Crippen LogP contribution in [0.2, 0.25) is 0 Å². The minimum Gasteiger partial charge on any atom is -0.348 e. The van der Waals surface area contributed by atoms with Gasteiger partial charge in [-0.05, 0) is 34.8 Å². The third-order valence-electron chi connectivity index (χ3n) is 2.47. The quantitative estimate of drug-likeness (QED) is 0.904. The van der Waals surface area contributed by atoms with Crippen molar-refractivity contribution in [2.24, 2.45) is 0 Å². The fourth-order valence-electron chi connectivity index (χ4n) is 1.49. The van der Waals surface area contributed by atoms with E-state index in [2.05, 4.69) is 31.3 Å². The summed E-state index contributed by atoms with van der Waals surface area (Å²) in [6.07, 6.45) is 5.56. The third-order valence-corrected chi connectivity index (χ3v) is 3.20. The molecule has 0 spiro atoms. The molecule has 3 rings (SSSR count). The number of fused-ring (bicyclic) bond motifs is 1. The van der Waals surface area contributed by atoms with Gasteiger partial charge in [-0.15, -0.1) is 0 Å². The minimum atomic E-state index is -0.139. The Kier molecular flexibility index (Phi) is 2.17. The Morgan fingerprint density at radius 1 is 1.56 bits per heavy atom. The predicted octanol–water partition coefficient (Wildman–Crippen LogP) is 1.38. The van der Waals surface area contributed by atoms with Crippen molar-refractivity contribution >= 4 is 27.5 Å². The van der Waals surface area contributed by atoms with E-state index in [1.807, 2.05) is 0 Å². The van der Waals surface area contributed by atoms with Crippen molar-refractivity contribution in [3.05, 3.63) is 28.6 Å².